The first kappa shape index (κ1) is 21.5. The van der Waals surface area contributed by atoms with Crippen molar-refractivity contribution in [1.29, 1.82) is 0 Å². The number of rotatable bonds is 6. The van der Waals surface area contributed by atoms with E-state index in [0.717, 1.165) is 5.56 Å². The molecule has 3 aromatic carbocycles. The fraction of sp³-hybridized carbons (Fsp3) is 0.208. The third-order valence-corrected chi connectivity index (χ3v) is 5.77. The van der Waals surface area contributed by atoms with Gasteiger partial charge in [0.1, 0.15) is 5.75 Å². The number of carbonyl (C=O) groups excluding carboxylic acids is 1. The van der Waals surface area contributed by atoms with Crippen LogP contribution in [-0.4, -0.2) is 35.7 Å². The number of anilines is 1. The summed E-state index contributed by atoms with van der Waals surface area (Å²) >= 11 is 12.3. The molecular weight excluding hydrogens is 435 g/mol. The van der Waals surface area contributed by atoms with Crippen LogP contribution in [0.5, 0.6) is 11.5 Å². The monoisotopic (exact) mass is 456 g/mol. The Bertz CT molecular complexity index is 1060. The van der Waals surface area contributed by atoms with Gasteiger partial charge < -0.3 is 14.7 Å². The smallest absolute Gasteiger partial charge is 0.324 e. The molecule has 3 aromatic rings. The molecule has 1 atom stereocenters. The first-order valence-electron chi connectivity index (χ1n) is 9.98. The van der Waals surface area contributed by atoms with Crippen LogP contribution < -0.4 is 9.64 Å². The molecule has 1 saturated heterocycles. The van der Waals surface area contributed by atoms with Crippen LogP contribution in [0, 0.1) is 5.92 Å². The van der Waals surface area contributed by atoms with E-state index in [1.165, 1.54) is 0 Å². The molecule has 0 aliphatic carbocycles. The highest BCUT2D eigenvalue weighted by Gasteiger charge is 2.34. The van der Waals surface area contributed by atoms with Gasteiger partial charge in [0.2, 0.25) is 0 Å². The van der Waals surface area contributed by atoms with E-state index in [9.17, 15) is 9.90 Å². The average molecular weight is 457 g/mol. The number of aliphatic hydroxyl groups is 1. The number of amides is 2. The molecule has 5 nitrogen and oxygen atoms in total. The number of ether oxygens (including phenoxy) is 1. The highest BCUT2D eigenvalue weighted by Crippen LogP contribution is 2.35. The third-order valence-electron chi connectivity index (χ3n) is 5.18. The van der Waals surface area contributed by atoms with Gasteiger partial charge in [0.05, 0.1) is 5.69 Å². The van der Waals surface area contributed by atoms with Gasteiger partial charge in [0.15, 0.2) is 5.75 Å². The van der Waals surface area contributed by atoms with E-state index in [1.807, 2.05) is 60.7 Å². The number of para-hydroxylation sites is 3. The molecule has 0 radical (unpaired) electrons. The van der Waals surface area contributed by atoms with E-state index in [0.29, 0.717) is 46.9 Å². The van der Waals surface area contributed by atoms with Crippen molar-refractivity contribution in [2.24, 2.45) is 5.92 Å². The molecule has 2 amide bonds. The topological polar surface area (TPSA) is 53.0 Å². The van der Waals surface area contributed by atoms with E-state index in [-0.39, 0.29) is 18.6 Å². The van der Waals surface area contributed by atoms with Gasteiger partial charge in [0.25, 0.3) is 0 Å². The van der Waals surface area contributed by atoms with Gasteiger partial charge in [-0.1, -0.05) is 59.6 Å². The molecule has 1 N–H and O–H groups in total. The highest BCUT2D eigenvalue weighted by molar-refractivity contribution is 6.35. The molecule has 1 fully saturated rings. The molecule has 1 heterocycles. The van der Waals surface area contributed by atoms with Gasteiger partial charge in [-0.15, -0.1) is 0 Å². The van der Waals surface area contributed by atoms with Crippen molar-refractivity contribution in [2.45, 2.75) is 6.54 Å². The normalized spacial score (nSPS) is 16.5. The van der Waals surface area contributed by atoms with Crippen molar-refractivity contribution in [1.82, 2.24) is 4.90 Å². The van der Waals surface area contributed by atoms with Crippen molar-refractivity contribution in [2.75, 3.05) is 24.6 Å². The summed E-state index contributed by atoms with van der Waals surface area (Å²) in [6.45, 7) is 1.13. The molecule has 1 aliphatic heterocycles. The van der Waals surface area contributed by atoms with Crippen LogP contribution >= 0.6 is 23.2 Å². The first-order valence-corrected chi connectivity index (χ1v) is 10.7. The van der Waals surface area contributed by atoms with E-state index in [2.05, 4.69) is 0 Å². The zero-order valence-electron chi connectivity index (χ0n) is 16.7. The lowest BCUT2D eigenvalue weighted by molar-refractivity contribution is 0.144. The minimum Gasteiger partial charge on any atom is -0.455 e. The van der Waals surface area contributed by atoms with Crippen LogP contribution in [0.4, 0.5) is 10.5 Å². The van der Waals surface area contributed by atoms with E-state index >= 15 is 0 Å². The van der Waals surface area contributed by atoms with Gasteiger partial charge in [-0.3, -0.25) is 4.90 Å². The maximum Gasteiger partial charge on any atom is 0.324 e. The van der Waals surface area contributed by atoms with Crippen molar-refractivity contribution < 1.29 is 14.6 Å². The fourth-order valence-electron chi connectivity index (χ4n) is 3.64. The van der Waals surface area contributed by atoms with Crippen LogP contribution in [0.1, 0.15) is 5.56 Å². The number of nitrogens with zero attached hydrogens (tertiary/aromatic N) is 2. The number of carbonyl (C=O) groups is 1. The van der Waals surface area contributed by atoms with Crippen molar-refractivity contribution >= 4 is 34.9 Å². The Kier molecular flexibility index (Phi) is 6.66. The van der Waals surface area contributed by atoms with Crippen LogP contribution in [0.3, 0.4) is 0 Å². The average Bonchev–Trinajstić information content (AvgIpc) is 2.78. The first-order chi connectivity index (χ1) is 15.0. The molecule has 4 rings (SSSR count). The summed E-state index contributed by atoms with van der Waals surface area (Å²) < 4.78 is 6.06. The Hall–Kier alpha value is -2.73. The lowest BCUT2D eigenvalue weighted by Crippen LogP contribution is -2.54. The van der Waals surface area contributed by atoms with Gasteiger partial charge >= 0.3 is 6.03 Å². The lowest BCUT2D eigenvalue weighted by atomic mass is 10.1. The number of aliphatic hydroxyl groups excluding tert-OH is 1. The van der Waals surface area contributed by atoms with Crippen LogP contribution in [0.15, 0.2) is 72.8 Å². The predicted octanol–water partition coefficient (Wildman–Crippen LogP) is 5.84. The number of hydrogen-bond acceptors (Lipinski definition) is 3. The Morgan fingerprint density at radius 1 is 0.968 bits per heavy atom. The van der Waals surface area contributed by atoms with E-state index < -0.39 is 0 Å². The summed E-state index contributed by atoms with van der Waals surface area (Å²) in [7, 11) is 0. The van der Waals surface area contributed by atoms with E-state index in [4.69, 9.17) is 27.9 Å². The number of urea groups is 1. The third kappa shape index (κ3) is 4.96. The Morgan fingerprint density at radius 3 is 2.45 bits per heavy atom. The molecule has 31 heavy (non-hydrogen) atoms. The standard InChI is InChI=1S/C24H22Cl2N2O3/c25-19-11-10-18(21(26)12-19)15-27-13-17(16-29)14-28(24(27)30)22-8-4-5-9-23(22)31-20-6-2-1-3-7-20/h1-12,17,29H,13-16H2. The fourth-order valence-corrected chi connectivity index (χ4v) is 4.11. The van der Waals surface area contributed by atoms with Crippen LogP contribution in [0.25, 0.3) is 0 Å². The molecule has 0 saturated carbocycles. The van der Waals surface area contributed by atoms with Crippen molar-refractivity contribution in [3.8, 4) is 11.5 Å². The highest BCUT2D eigenvalue weighted by atomic mass is 35.5. The van der Waals surface area contributed by atoms with E-state index in [1.54, 1.807) is 21.9 Å². The minimum absolute atomic E-state index is 0.0314. The number of hydrogen-bond donors (Lipinski definition) is 1. The Balaban J connectivity index is 1.63. The van der Waals surface area contributed by atoms with Crippen molar-refractivity contribution in [3.05, 3.63) is 88.4 Å². The summed E-state index contributed by atoms with van der Waals surface area (Å²) in [5, 5.41) is 10.9. The lowest BCUT2D eigenvalue weighted by Gasteiger charge is -2.40. The zero-order valence-corrected chi connectivity index (χ0v) is 18.3. The number of benzene rings is 3. The molecular formula is C24H22Cl2N2O3. The maximum atomic E-state index is 13.4. The minimum atomic E-state index is -0.167. The molecule has 7 heteroatoms. The van der Waals surface area contributed by atoms with Gasteiger partial charge in [-0.2, -0.15) is 0 Å². The summed E-state index contributed by atoms with van der Waals surface area (Å²) in [6, 6.07) is 21.9. The molecule has 1 unspecified atom stereocenters. The SMILES string of the molecule is O=C1N(Cc2ccc(Cl)cc2Cl)CC(CO)CN1c1ccccc1Oc1ccccc1. The molecule has 0 bridgehead atoms. The van der Waals surface area contributed by atoms with Crippen molar-refractivity contribution in [3.63, 3.8) is 0 Å². The van der Waals surface area contributed by atoms with Gasteiger partial charge in [-0.25, -0.2) is 4.79 Å². The second-order valence-electron chi connectivity index (χ2n) is 7.44. The summed E-state index contributed by atoms with van der Waals surface area (Å²) in [5.74, 6) is 1.15. The number of halogens is 2. The molecule has 160 valence electrons. The maximum absolute atomic E-state index is 13.4. The summed E-state index contributed by atoms with van der Waals surface area (Å²) in [6.07, 6.45) is 0. The largest absolute Gasteiger partial charge is 0.455 e. The molecule has 1 aliphatic rings. The zero-order chi connectivity index (χ0) is 21.8. The summed E-state index contributed by atoms with van der Waals surface area (Å²) in [5.41, 5.74) is 1.45. The van der Waals surface area contributed by atoms with Crippen LogP contribution in [-0.2, 0) is 6.54 Å². The Morgan fingerprint density at radius 2 is 1.71 bits per heavy atom. The molecule has 0 aromatic heterocycles. The Labute approximate surface area is 191 Å². The van der Waals surface area contributed by atoms with Gasteiger partial charge in [-0.05, 0) is 42.0 Å². The second kappa shape index (κ2) is 9.60. The second-order valence-corrected chi connectivity index (χ2v) is 8.28. The molecule has 0 spiro atoms. The predicted molar refractivity (Wildman–Crippen MR) is 123 cm³/mol. The summed E-state index contributed by atoms with van der Waals surface area (Å²) in [4.78, 5) is 16.8. The quantitative estimate of drug-likeness (QED) is 0.506. The van der Waals surface area contributed by atoms with Crippen LogP contribution in [0.2, 0.25) is 10.0 Å². The van der Waals surface area contributed by atoms with Gasteiger partial charge in [0, 0.05) is 42.2 Å².